The van der Waals surface area contributed by atoms with Gasteiger partial charge in [-0.25, -0.2) is 4.90 Å². The van der Waals surface area contributed by atoms with Crippen LogP contribution in [0.25, 0.3) is 11.3 Å². The highest BCUT2D eigenvalue weighted by Gasteiger charge is 2.34. The van der Waals surface area contributed by atoms with Crippen molar-refractivity contribution in [3.63, 3.8) is 0 Å². The Morgan fingerprint density at radius 3 is 2.05 bits per heavy atom. The first-order chi connectivity index (χ1) is 9.59. The van der Waals surface area contributed by atoms with Crippen LogP contribution in [0.5, 0.6) is 0 Å². The van der Waals surface area contributed by atoms with Crippen molar-refractivity contribution in [2.24, 2.45) is 0 Å². The number of aromatic amines is 1. The molecule has 1 N–H and O–H groups in total. The molecule has 1 aliphatic heterocycles. The Hall–Kier alpha value is -2.69. The summed E-state index contributed by atoms with van der Waals surface area (Å²) in [4.78, 5) is 25.4. The smallest absolute Gasteiger partial charge is 0.261 e. The second kappa shape index (κ2) is 4.45. The molecule has 2 amide bonds. The summed E-state index contributed by atoms with van der Waals surface area (Å²) >= 11 is 0. The molecule has 2 heterocycles. The summed E-state index contributed by atoms with van der Waals surface area (Å²) in [7, 11) is 0. The summed E-state index contributed by atoms with van der Waals surface area (Å²) in [5, 5.41) is 6.76. The van der Waals surface area contributed by atoms with Crippen LogP contribution in [0, 0.1) is 0 Å². The third-order valence-corrected chi connectivity index (χ3v) is 3.55. The average molecular weight is 267 g/mol. The third kappa shape index (κ3) is 1.75. The Bertz CT molecular complexity index is 688. The number of hydrogen-bond donors (Lipinski definition) is 1. The van der Waals surface area contributed by atoms with E-state index in [1.165, 1.54) is 4.90 Å². The van der Waals surface area contributed by atoms with Crippen molar-refractivity contribution in [1.29, 1.82) is 0 Å². The van der Waals surface area contributed by atoms with E-state index < -0.39 is 0 Å². The van der Waals surface area contributed by atoms with Crippen molar-refractivity contribution in [2.75, 3.05) is 4.90 Å². The van der Waals surface area contributed by atoms with Gasteiger partial charge in [-0.05, 0) is 37.6 Å². The number of hydrogen-bond acceptors (Lipinski definition) is 3. The van der Waals surface area contributed by atoms with Crippen LogP contribution >= 0.6 is 0 Å². The molecule has 5 heteroatoms. The maximum Gasteiger partial charge on any atom is 0.261 e. The fraction of sp³-hybridized carbons (Fsp3) is 0.133. The zero-order chi connectivity index (χ0) is 14.3. The quantitative estimate of drug-likeness (QED) is 0.849. The number of carbonyl (C=O) groups excluding carboxylic acids is 2. The molecule has 3 rings (SSSR count). The Morgan fingerprint density at radius 1 is 0.950 bits per heavy atom. The zero-order valence-electron chi connectivity index (χ0n) is 11.2. The molecule has 100 valence electrons. The van der Waals surface area contributed by atoms with Gasteiger partial charge in [-0.3, -0.25) is 14.7 Å². The van der Waals surface area contributed by atoms with Crippen LogP contribution in [-0.2, 0) is 9.59 Å². The molecule has 0 unspecified atom stereocenters. The molecule has 1 aromatic carbocycles. The van der Waals surface area contributed by atoms with Crippen LogP contribution in [0.3, 0.4) is 0 Å². The predicted molar refractivity (Wildman–Crippen MR) is 74.9 cm³/mol. The number of rotatable bonds is 2. The largest absolute Gasteiger partial charge is 0.278 e. The monoisotopic (exact) mass is 267 g/mol. The normalized spacial score (nSPS) is 15.4. The van der Waals surface area contributed by atoms with Crippen LogP contribution < -0.4 is 4.90 Å². The maximum atomic E-state index is 12.1. The maximum absolute atomic E-state index is 12.1. The summed E-state index contributed by atoms with van der Waals surface area (Å²) in [6.07, 6.45) is 1.67. The van der Waals surface area contributed by atoms with E-state index in [1.54, 1.807) is 32.2 Å². The van der Waals surface area contributed by atoms with Gasteiger partial charge in [-0.15, -0.1) is 0 Å². The van der Waals surface area contributed by atoms with E-state index >= 15 is 0 Å². The molecular formula is C15H13N3O2. The lowest BCUT2D eigenvalue weighted by atomic mass is 10.1. The summed E-state index contributed by atoms with van der Waals surface area (Å²) in [6, 6.07) is 9.09. The molecule has 20 heavy (non-hydrogen) atoms. The van der Waals surface area contributed by atoms with Gasteiger partial charge in [0.2, 0.25) is 0 Å². The standard InChI is InChI=1S/C15H13N3O2/c1-9-10(2)15(20)18(14(9)19)12-5-3-11(4-6-12)13-7-8-16-17-13/h3-8H,1-2H3,(H,16,17). The Kier molecular flexibility index (Phi) is 2.75. The number of aromatic nitrogens is 2. The highest BCUT2D eigenvalue weighted by atomic mass is 16.2. The van der Waals surface area contributed by atoms with E-state index in [0.717, 1.165) is 11.3 Å². The molecule has 0 atom stereocenters. The van der Waals surface area contributed by atoms with Gasteiger partial charge in [-0.1, -0.05) is 12.1 Å². The van der Waals surface area contributed by atoms with Gasteiger partial charge >= 0.3 is 0 Å². The fourth-order valence-electron chi connectivity index (χ4n) is 2.19. The molecule has 0 aliphatic carbocycles. The Morgan fingerprint density at radius 2 is 1.55 bits per heavy atom. The minimum absolute atomic E-state index is 0.248. The molecule has 0 bridgehead atoms. The Labute approximate surface area is 115 Å². The second-order valence-corrected chi connectivity index (χ2v) is 4.71. The SMILES string of the molecule is CC1=C(C)C(=O)N(c2ccc(-c3ccn[nH]3)cc2)C1=O. The molecule has 2 aromatic rings. The third-order valence-electron chi connectivity index (χ3n) is 3.55. The summed E-state index contributed by atoms with van der Waals surface area (Å²) in [6.45, 7) is 3.35. The van der Waals surface area contributed by atoms with E-state index in [0.29, 0.717) is 16.8 Å². The minimum atomic E-state index is -0.248. The number of benzene rings is 1. The molecule has 0 radical (unpaired) electrons. The first-order valence-corrected chi connectivity index (χ1v) is 6.25. The van der Waals surface area contributed by atoms with Gasteiger partial charge < -0.3 is 0 Å². The number of nitrogens with one attached hydrogen (secondary N) is 1. The predicted octanol–water partition coefficient (Wildman–Crippen LogP) is 2.29. The summed E-state index contributed by atoms with van der Waals surface area (Å²) in [5.41, 5.74) is 3.44. The minimum Gasteiger partial charge on any atom is -0.278 e. The molecule has 1 aromatic heterocycles. The molecule has 0 spiro atoms. The van der Waals surface area contributed by atoms with Crippen LogP contribution in [0.2, 0.25) is 0 Å². The van der Waals surface area contributed by atoms with Gasteiger partial charge in [0.1, 0.15) is 0 Å². The van der Waals surface area contributed by atoms with E-state index in [2.05, 4.69) is 10.2 Å². The van der Waals surface area contributed by atoms with E-state index in [1.807, 2.05) is 18.2 Å². The van der Waals surface area contributed by atoms with Crippen LogP contribution in [0.15, 0.2) is 47.7 Å². The van der Waals surface area contributed by atoms with E-state index in [4.69, 9.17) is 0 Å². The van der Waals surface area contributed by atoms with Gasteiger partial charge in [0.15, 0.2) is 0 Å². The van der Waals surface area contributed by atoms with Crippen molar-refractivity contribution >= 4 is 17.5 Å². The molecule has 0 fully saturated rings. The van der Waals surface area contributed by atoms with E-state index in [-0.39, 0.29) is 11.8 Å². The summed E-state index contributed by atoms with van der Waals surface area (Å²) < 4.78 is 0. The van der Waals surface area contributed by atoms with Gasteiger partial charge in [0.25, 0.3) is 11.8 Å². The molecular weight excluding hydrogens is 254 g/mol. The van der Waals surface area contributed by atoms with Crippen molar-refractivity contribution < 1.29 is 9.59 Å². The molecule has 5 nitrogen and oxygen atoms in total. The van der Waals surface area contributed by atoms with Crippen molar-refractivity contribution in [2.45, 2.75) is 13.8 Å². The highest BCUT2D eigenvalue weighted by Crippen LogP contribution is 2.28. The number of imide groups is 1. The summed E-state index contributed by atoms with van der Waals surface area (Å²) in [5.74, 6) is -0.497. The lowest BCUT2D eigenvalue weighted by Crippen LogP contribution is -2.31. The second-order valence-electron chi connectivity index (χ2n) is 4.71. The number of anilines is 1. The van der Waals surface area contributed by atoms with Gasteiger partial charge in [0.05, 0.1) is 11.4 Å². The Balaban J connectivity index is 1.94. The van der Waals surface area contributed by atoms with Crippen molar-refractivity contribution in [3.05, 3.63) is 47.7 Å². The fourth-order valence-corrected chi connectivity index (χ4v) is 2.19. The number of nitrogens with zero attached hydrogens (tertiary/aromatic N) is 2. The number of amides is 2. The lowest BCUT2D eigenvalue weighted by Gasteiger charge is -2.15. The number of H-pyrrole nitrogens is 1. The van der Waals surface area contributed by atoms with Gasteiger partial charge in [0, 0.05) is 17.3 Å². The molecule has 0 saturated carbocycles. The van der Waals surface area contributed by atoms with Crippen molar-refractivity contribution in [1.82, 2.24) is 10.2 Å². The topological polar surface area (TPSA) is 66.1 Å². The van der Waals surface area contributed by atoms with Crippen LogP contribution in [0.4, 0.5) is 5.69 Å². The first kappa shape index (κ1) is 12.3. The number of carbonyl (C=O) groups is 2. The highest BCUT2D eigenvalue weighted by molar-refractivity contribution is 6.32. The van der Waals surface area contributed by atoms with Crippen molar-refractivity contribution in [3.8, 4) is 11.3 Å². The average Bonchev–Trinajstić information content (AvgIpc) is 3.05. The first-order valence-electron chi connectivity index (χ1n) is 6.25. The van der Waals surface area contributed by atoms with Crippen LogP contribution in [0.1, 0.15) is 13.8 Å². The molecule has 1 aliphatic rings. The zero-order valence-corrected chi connectivity index (χ0v) is 11.2. The molecule has 0 saturated heterocycles. The lowest BCUT2D eigenvalue weighted by molar-refractivity contribution is -0.120. The van der Waals surface area contributed by atoms with Gasteiger partial charge in [-0.2, -0.15) is 5.10 Å². The van der Waals surface area contributed by atoms with E-state index in [9.17, 15) is 9.59 Å². The van der Waals surface area contributed by atoms with Crippen LogP contribution in [-0.4, -0.2) is 22.0 Å².